The second kappa shape index (κ2) is 6.78. The zero-order valence-corrected chi connectivity index (χ0v) is 16.2. The number of halogens is 1. The molecule has 4 aromatic rings. The van der Waals surface area contributed by atoms with Crippen molar-refractivity contribution in [3.05, 3.63) is 71.0 Å². The molecule has 4 rings (SSSR count). The molecule has 0 saturated heterocycles. The van der Waals surface area contributed by atoms with Crippen molar-refractivity contribution < 1.29 is 4.79 Å². The molecule has 0 fully saturated rings. The Bertz CT molecular complexity index is 1120. The van der Waals surface area contributed by atoms with E-state index in [4.69, 9.17) is 11.6 Å². The van der Waals surface area contributed by atoms with E-state index >= 15 is 0 Å². The van der Waals surface area contributed by atoms with Gasteiger partial charge in [-0.25, -0.2) is 0 Å². The molecule has 5 heteroatoms. The van der Waals surface area contributed by atoms with Crippen LogP contribution in [0.2, 0.25) is 5.02 Å². The number of aromatic nitrogens is 2. The molecule has 1 amide bonds. The number of nitrogens with one attached hydrogen (secondary N) is 3. The van der Waals surface area contributed by atoms with Crippen LogP contribution in [-0.4, -0.2) is 22.4 Å². The minimum absolute atomic E-state index is 0.0192. The number of rotatable bonds is 5. The Balaban J connectivity index is 1.48. The lowest BCUT2D eigenvalue weighted by Gasteiger charge is -2.25. The molecule has 3 N–H and O–H groups in total. The highest BCUT2D eigenvalue weighted by Gasteiger charge is 2.25. The maximum absolute atomic E-state index is 12.5. The lowest BCUT2D eigenvalue weighted by atomic mass is 9.84. The number of amides is 1. The van der Waals surface area contributed by atoms with Gasteiger partial charge >= 0.3 is 0 Å². The maximum Gasteiger partial charge on any atom is 0.224 e. The van der Waals surface area contributed by atoms with Crippen LogP contribution in [0.15, 0.2) is 54.9 Å². The molecule has 0 aliphatic rings. The molecule has 4 nitrogen and oxygen atoms in total. The average molecular weight is 380 g/mol. The number of carbonyl (C=O) groups is 1. The van der Waals surface area contributed by atoms with Crippen molar-refractivity contribution in [2.75, 3.05) is 6.54 Å². The van der Waals surface area contributed by atoms with Crippen molar-refractivity contribution in [3.8, 4) is 0 Å². The Morgan fingerprint density at radius 3 is 2.63 bits per heavy atom. The normalized spacial score (nSPS) is 12.0. The summed E-state index contributed by atoms with van der Waals surface area (Å²) in [6, 6.07) is 13.8. The molecule has 0 atom stereocenters. The molecule has 138 valence electrons. The third-order valence-corrected chi connectivity index (χ3v) is 5.36. The third-order valence-electron chi connectivity index (χ3n) is 5.13. The first-order valence-electron chi connectivity index (χ1n) is 9.03. The number of hydrogen-bond acceptors (Lipinski definition) is 1. The summed E-state index contributed by atoms with van der Waals surface area (Å²) in [4.78, 5) is 19.0. The van der Waals surface area contributed by atoms with Gasteiger partial charge in [0.15, 0.2) is 0 Å². The minimum atomic E-state index is -0.223. The summed E-state index contributed by atoms with van der Waals surface area (Å²) in [5, 5.41) is 6.00. The Morgan fingerprint density at radius 1 is 1.04 bits per heavy atom. The molecule has 27 heavy (non-hydrogen) atoms. The fraction of sp³-hybridized carbons (Fsp3) is 0.227. The van der Waals surface area contributed by atoms with Gasteiger partial charge in [0, 0.05) is 51.2 Å². The Labute approximate surface area is 162 Å². The van der Waals surface area contributed by atoms with E-state index in [9.17, 15) is 4.79 Å². The van der Waals surface area contributed by atoms with E-state index in [0.29, 0.717) is 18.0 Å². The molecule has 2 aromatic carbocycles. The van der Waals surface area contributed by atoms with Crippen molar-refractivity contribution in [2.24, 2.45) is 0 Å². The molecule has 0 aliphatic heterocycles. The monoisotopic (exact) mass is 379 g/mol. The molecule has 2 aromatic heterocycles. The second-order valence-corrected chi connectivity index (χ2v) is 8.03. The van der Waals surface area contributed by atoms with Crippen LogP contribution in [0.3, 0.4) is 0 Å². The van der Waals surface area contributed by atoms with Crippen molar-refractivity contribution in [3.63, 3.8) is 0 Å². The molecule has 0 radical (unpaired) electrons. The summed E-state index contributed by atoms with van der Waals surface area (Å²) in [6.45, 7) is 4.80. The van der Waals surface area contributed by atoms with Gasteiger partial charge in [-0.1, -0.05) is 43.6 Å². The van der Waals surface area contributed by atoms with Crippen LogP contribution in [-0.2, 0) is 16.6 Å². The summed E-state index contributed by atoms with van der Waals surface area (Å²) < 4.78 is 0. The summed E-state index contributed by atoms with van der Waals surface area (Å²) >= 11 is 6.17. The first-order chi connectivity index (χ1) is 12.9. The van der Waals surface area contributed by atoms with Crippen LogP contribution in [0.5, 0.6) is 0 Å². The lowest BCUT2D eigenvalue weighted by molar-refractivity contribution is -0.120. The molecule has 2 heterocycles. The maximum atomic E-state index is 12.5. The van der Waals surface area contributed by atoms with Gasteiger partial charge in [-0.15, -0.1) is 0 Å². The highest BCUT2D eigenvalue weighted by atomic mass is 35.5. The van der Waals surface area contributed by atoms with Crippen LogP contribution in [0.4, 0.5) is 0 Å². The quantitative estimate of drug-likeness (QED) is 0.452. The minimum Gasteiger partial charge on any atom is -0.361 e. The summed E-state index contributed by atoms with van der Waals surface area (Å²) in [5.41, 5.74) is 4.04. The van der Waals surface area contributed by atoms with Gasteiger partial charge in [0.05, 0.1) is 6.42 Å². The van der Waals surface area contributed by atoms with Gasteiger partial charge in [-0.3, -0.25) is 4.79 Å². The lowest BCUT2D eigenvalue weighted by Crippen LogP contribution is -2.37. The molecular weight excluding hydrogens is 358 g/mol. The summed E-state index contributed by atoms with van der Waals surface area (Å²) in [7, 11) is 0. The van der Waals surface area contributed by atoms with E-state index < -0.39 is 0 Å². The number of para-hydroxylation sites is 1. The fourth-order valence-corrected chi connectivity index (χ4v) is 3.75. The van der Waals surface area contributed by atoms with Gasteiger partial charge in [0.1, 0.15) is 0 Å². The first kappa shape index (κ1) is 17.7. The number of fused-ring (bicyclic) bond motifs is 2. The van der Waals surface area contributed by atoms with E-state index in [0.717, 1.165) is 32.9 Å². The molecule has 0 saturated carbocycles. The van der Waals surface area contributed by atoms with Crippen LogP contribution in [0.25, 0.3) is 21.8 Å². The Kier molecular flexibility index (Phi) is 4.44. The molecule has 0 unspecified atom stereocenters. The van der Waals surface area contributed by atoms with Crippen LogP contribution >= 0.6 is 11.6 Å². The average Bonchev–Trinajstić information content (AvgIpc) is 3.25. The molecule has 0 aliphatic carbocycles. The predicted molar refractivity (Wildman–Crippen MR) is 111 cm³/mol. The molecule has 0 bridgehead atoms. The Hall–Kier alpha value is -2.72. The SMILES string of the molecule is CC(C)(CNC(=O)Cc1c[nH]c2ccccc12)c1c[nH]c2ccc(Cl)cc12. The number of benzene rings is 2. The van der Waals surface area contributed by atoms with Gasteiger partial charge in [-0.05, 0) is 35.4 Å². The van der Waals surface area contributed by atoms with Crippen LogP contribution in [0.1, 0.15) is 25.0 Å². The summed E-state index contributed by atoms with van der Waals surface area (Å²) in [6.07, 6.45) is 4.28. The molecular formula is C22H22ClN3O. The van der Waals surface area contributed by atoms with Crippen molar-refractivity contribution in [1.82, 2.24) is 15.3 Å². The predicted octanol–water partition coefficient (Wildman–Crippen LogP) is 4.94. The topological polar surface area (TPSA) is 60.7 Å². The van der Waals surface area contributed by atoms with Crippen molar-refractivity contribution in [1.29, 1.82) is 0 Å². The van der Waals surface area contributed by atoms with E-state index in [1.807, 2.05) is 54.9 Å². The van der Waals surface area contributed by atoms with Crippen molar-refractivity contribution in [2.45, 2.75) is 25.7 Å². The zero-order chi connectivity index (χ0) is 19.0. The third kappa shape index (κ3) is 3.45. The van der Waals surface area contributed by atoms with E-state index in [2.05, 4.69) is 29.1 Å². The zero-order valence-electron chi connectivity index (χ0n) is 15.4. The fourth-order valence-electron chi connectivity index (χ4n) is 3.58. The van der Waals surface area contributed by atoms with Gasteiger partial charge < -0.3 is 15.3 Å². The molecule has 0 spiro atoms. The van der Waals surface area contributed by atoms with E-state index in [1.54, 1.807) is 0 Å². The highest BCUT2D eigenvalue weighted by molar-refractivity contribution is 6.31. The Morgan fingerprint density at radius 2 is 1.78 bits per heavy atom. The van der Waals surface area contributed by atoms with Crippen LogP contribution < -0.4 is 5.32 Å². The van der Waals surface area contributed by atoms with Gasteiger partial charge in [-0.2, -0.15) is 0 Å². The van der Waals surface area contributed by atoms with Crippen LogP contribution in [0, 0.1) is 0 Å². The van der Waals surface area contributed by atoms with E-state index in [-0.39, 0.29) is 11.3 Å². The highest BCUT2D eigenvalue weighted by Crippen LogP contribution is 2.31. The van der Waals surface area contributed by atoms with Crippen molar-refractivity contribution >= 4 is 39.3 Å². The second-order valence-electron chi connectivity index (χ2n) is 7.59. The summed E-state index contributed by atoms with van der Waals surface area (Å²) in [5.74, 6) is 0.0192. The number of carbonyl (C=O) groups excluding carboxylic acids is 1. The number of hydrogen-bond donors (Lipinski definition) is 3. The largest absolute Gasteiger partial charge is 0.361 e. The standard InChI is InChI=1S/C22H22ClN3O/c1-22(2,18-12-25-20-8-7-15(23)10-17(18)20)13-26-21(27)9-14-11-24-19-6-4-3-5-16(14)19/h3-8,10-12,24-25H,9,13H2,1-2H3,(H,26,27). The number of aromatic amines is 2. The smallest absolute Gasteiger partial charge is 0.224 e. The van der Waals surface area contributed by atoms with Gasteiger partial charge in [0.2, 0.25) is 5.91 Å². The van der Waals surface area contributed by atoms with Gasteiger partial charge in [0.25, 0.3) is 0 Å². The number of H-pyrrole nitrogens is 2. The first-order valence-corrected chi connectivity index (χ1v) is 9.41. The van der Waals surface area contributed by atoms with E-state index in [1.165, 1.54) is 0 Å².